The van der Waals surface area contributed by atoms with Crippen molar-refractivity contribution in [3.63, 3.8) is 0 Å². The lowest BCUT2D eigenvalue weighted by atomic mass is 9.85. The molecule has 0 atom stereocenters. The average Bonchev–Trinajstić information content (AvgIpc) is 2.35. The maximum Gasteiger partial charge on any atom is -0.000977 e. The fourth-order valence-electron chi connectivity index (χ4n) is 2.97. The minimum atomic E-state index is 0.555. The summed E-state index contributed by atoms with van der Waals surface area (Å²) in [6.07, 6.45) is 4.39. The van der Waals surface area contributed by atoms with Crippen molar-refractivity contribution in [1.29, 1.82) is 0 Å². The summed E-state index contributed by atoms with van der Waals surface area (Å²) in [5, 5.41) is 3.66. The van der Waals surface area contributed by atoms with Gasteiger partial charge in [0.1, 0.15) is 0 Å². The molecule has 0 aromatic rings. The van der Waals surface area contributed by atoms with E-state index in [0.717, 1.165) is 11.8 Å². The van der Waals surface area contributed by atoms with Crippen LogP contribution in [0, 0.1) is 22.7 Å². The lowest BCUT2D eigenvalue weighted by molar-refractivity contribution is 0.297. The molecule has 2 rings (SSSR count). The fourth-order valence-corrected chi connectivity index (χ4v) is 2.97. The first-order valence-electron chi connectivity index (χ1n) is 6.17. The van der Waals surface area contributed by atoms with Gasteiger partial charge in [0, 0.05) is 0 Å². The summed E-state index contributed by atoms with van der Waals surface area (Å²) in [5.41, 5.74) is 1.11. The zero-order valence-electron chi connectivity index (χ0n) is 10.2. The quantitative estimate of drug-likeness (QED) is 0.727. The van der Waals surface area contributed by atoms with E-state index in [9.17, 15) is 0 Å². The van der Waals surface area contributed by atoms with Crippen molar-refractivity contribution in [2.24, 2.45) is 22.7 Å². The van der Waals surface area contributed by atoms with Gasteiger partial charge in [0.15, 0.2) is 0 Å². The summed E-state index contributed by atoms with van der Waals surface area (Å²) in [6, 6.07) is 0. The van der Waals surface area contributed by atoms with E-state index in [1.807, 2.05) is 0 Å². The third kappa shape index (κ3) is 1.50. The summed E-state index contributed by atoms with van der Waals surface area (Å²) >= 11 is 0. The fraction of sp³-hybridized carbons (Fsp3) is 1.00. The summed E-state index contributed by atoms with van der Waals surface area (Å²) in [7, 11) is 0. The van der Waals surface area contributed by atoms with Crippen molar-refractivity contribution < 1.29 is 0 Å². The Labute approximate surface area is 88.7 Å². The van der Waals surface area contributed by atoms with Gasteiger partial charge in [0.05, 0.1) is 0 Å². The van der Waals surface area contributed by atoms with E-state index in [4.69, 9.17) is 0 Å². The highest BCUT2D eigenvalue weighted by Crippen LogP contribution is 2.67. The van der Waals surface area contributed by atoms with Crippen LogP contribution in [0.2, 0.25) is 0 Å². The van der Waals surface area contributed by atoms with Crippen molar-refractivity contribution in [3.05, 3.63) is 0 Å². The molecule has 2 aliphatic rings. The van der Waals surface area contributed by atoms with Crippen LogP contribution in [0.4, 0.5) is 0 Å². The van der Waals surface area contributed by atoms with Gasteiger partial charge in [-0.25, -0.2) is 0 Å². The molecular formula is C13H25N. The molecule has 82 valence electrons. The van der Waals surface area contributed by atoms with E-state index < -0.39 is 0 Å². The highest BCUT2D eigenvalue weighted by molar-refractivity contribution is 5.12. The van der Waals surface area contributed by atoms with Gasteiger partial charge in [0.2, 0.25) is 0 Å². The number of rotatable bonds is 4. The minimum absolute atomic E-state index is 0.555. The third-order valence-electron chi connectivity index (χ3n) is 5.33. The molecule has 0 bridgehead atoms. The molecular weight excluding hydrogens is 170 g/mol. The van der Waals surface area contributed by atoms with Gasteiger partial charge in [-0.2, -0.15) is 0 Å². The molecule has 0 saturated heterocycles. The van der Waals surface area contributed by atoms with Crippen LogP contribution in [0.25, 0.3) is 0 Å². The first-order valence-corrected chi connectivity index (χ1v) is 6.17. The topological polar surface area (TPSA) is 12.0 Å². The molecule has 2 fully saturated rings. The van der Waals surface area contributed by atoms with E-state index in [0.29, 0.717) is 10.8 Å². The molecule has 0 amide bonds. The maximum absolute atomic E-state index is 3.66. The van der Waals surface area contributed by atoms with Crippen LogP contribution in [0.1, 0.15) is 47.0 Å². The molecule has 2 aliphatic carbocycles. The van der Waals surface area contributed by atoms with E-state index in [1.165, 1.54) is 32.4 Å². The lowest BCUT2D eigenvalue weighted by Crippen LogP contribution is -2.29. The number of nitrogens with one attached hydrogen (secondary N) is 1. The first-order chi connectivity index (χ1) is 6.46. The molecule has 0 aromatic carbocycles. The highest BCUT2D eigenvalue weighted by Gasteiger charge is 2.63. The second-order valence-corrected chi connectivity index (χ2v) is 6.45. The van der Waals surface area contributed by atoms with Gasteiger partial charge >= 0.3 is 0 Å². The average molecular weight is 195 g/mol. The number of hydrogen-bond donors (Lipinski definition) is 1. The second kappa shape index (κ2) is 3.23. The SMILES string of the molecule is CC1(C)C(CNCC2CCC2)C1(C)C. The van der Waals surface area contributed by atoms with E-state index in [2.05, 4.69) is 33.0 Å². The largest absolute Gasteiger partial charge is 0.316 e. The molecule has 0 unspecified atom stereocenters. The first kappa shape index (κ1) is 10.5. The van der Waals surface area contributed by atoms with Crippen LogP contribution in [0.3, 0.4) is 0 Å². The lowest BCUT2D eigenvalue weighted by Gasteiger charge is -2.25. The molecule has 1 N–H and O–H groups in total. The van der Waals surface area contributed by atoms with Gasteiger partial charge in [0.25, 0.3) is 0 Å². The summed E-state index contributed by atoms with van der Waals surface area (Å²) in [4.78, 5) is 0. The van der Waals surface area contributed by atoms with Crippen LogP contribution in [-0.4, -0.2) is 13.1 Å². The van der Waals surface area contributed by atoms with Gasteiger partial charge in [-0.3, -0.25) is 0 Å². The van der Waals surface area contributed by atoms with Crippen LogP contribution in [0.5, 0.6) is 0 Å². The Balaban J connectivity index is 1.67. The Morgan fingerprint density at radius 2 is 1.57 bits per heavy atom. The Morgan fingerprint density at radius 3 is 1.93 bits per heavy atom. The standard InChI is InChI=1S/C13H25N/c1-12(2)11(13(12,3)4)9-14-8-10-6-5-7-10/h10-11,14H,5-9H2,1-4H3. The normalized spacial score (nSPS) is 30.0. The molecule has 14 heavy (non-hydrogen) atoms. The van der Waals surface area contributed by atoms with Crippen LogP contribution < -0.4 is 5.32 Å². The van der Waals surface area contributed by atoms with Crippen molar-refractivity contribution in [2.45, 2.75) is 47.0 Å². The molecule has 0 aromatic heterocycles. The van der Waals surface area contributed by atoms with Gasteiger partial charge in [-0.05, 0) is 48.6 Å². The van der Waals surface area contributed by atoms with Gasteiger partial charge < -0.3 is 5.32 Å². The van der Waals surface area contributed by atoms with Gasteiger partial charge in [-0.1, -0.05) is 34.1 Å². The Hall–Kier alpha value is -0.0400. The van der Waals surface area contributed by atoms with Crippen molar-refractivity contribution in [2.75, 3.05) is 13.1 Å². The molecule has 1 nitrogen and oxygen atoms in total. The summed E-state index contributed by atoms with van der Waals surface area (Å²) in [5.74, 6) is 1.88. The molecule has 0 aliphatic heterocycles. The smallest absolute Gasteiger partial charge is 0.000977 e. The zero-order valence-corrected chi connectivity index (χ0v) is 10.2. The Morgan fingerprint density at radius 1 is 1.00 bits per heavy atom. The highest BCUT2D eigenvalue weighted by atomic mass is 14.9. The number of hydrogen-bond acceptors (Lipinski definition) is 1. The van der Waals surface area contributed by atoms with Gasteiger partial charge in [-0.15, -0.1) is 0 Å². The van der Waals surface area contributed by atoms with Crippen LogP contribution >= 0.6 is 0 Å². The zero-order chi connectivity index (χ0) is 10.4. The Bertz CT molecular complexity index is 199. The van der Waals surface area contributed by atoms with E-state index in [-0.39, 0.29) is 0 Å². The summed E-state index contributed by atoms with van der Waals surface area (Å²) < 4.78 is 0. The van der Waals surface area contributed by atoms with Crippen LogP contribution in [-0.2, 0) is 0 Å². The minimum Gasteiger partial charge on any atom is -0.316 e. The van der Waals surface area contributed by atoms with Crippen molar-refractivity contribution in [1.82, 2.24) is 5.32 Å². The molecule has 2 saturated carbocycles. The molecule has 0 spiro atoms. The maximum atomic E-state index is 3.66. The second-order valence-electron chi connectivity index (χ2n) is 6.45. The van der Waals surface area contributed by atoms with Crippen LogP contribution in [0.15, 0.2) is 0 Å². The summed E-state index contributed by atoms with van der Waals surface area (Å²) in [6.45, 7) is 12.1. The van der Waals surface area contributed by atoms with E-state index in [1.54, 1.807) is 0 Å². The van der Waals surface area contributed by atoms with Crippen molar-refractivity contribution in [3.8, 4) is 0 Å². The van der Waals surface area contributed by atoms with E-state index >= 15 is 0 Å². The van der Waals surface area contributed by atoms with Crippen molar-refractivity contribution >= 4 is 0 Å². The Kier molecular flexibility index (Phi) is 2.42. The monoisotopic (exact) mass is 195 g/mol. The predicted octanol–water partition coefficient (Wildman–Crippen LogP) is 3.06. The molecule has 1 heteroatoms. The molecule has 0 radical (unpaired) electrons. The third-order valence-corrected chi connectivity index (χ3v) is 5.33. The predicted molar refractivity (Wildman–Crippen MR) is 61.3 cm³/mol. The molecule has 0 heterocycles.